The average Bonchev–Trinajstić information content (AvgIpc) is 3.04. The summed E-state index contributed by atoms with van der Waals surface area (Å²) in [6.45, 7) is 2.58. The molecular formula is C17H19N5OS2. The Hall–Kier alpha value is -2.19. The standard InChI is InChI=1S/C17H19N5OS2/c1-11-4-6-12(7-5-11)8-18-13(23)9-24-16-14-15(19-10-20-16)21-17(25-14)22(2)3/h4-7,10H,8-9H2,1-3H3,(H,18,23). The Labute approximate surface area is 154 Å². The van der Waals surface area contributed by atoms with Crippen LogP contribution in [0.2, 0.25) is 0 Å². The molecule has 0 aliphatic rings. The highest BCUT2D eigenvalue weighted by atomic mass is 32.2. The fourth-order valence-electron chi connectivity index (χ4n) is 2.11. The highest BCUT2D eigenvalue weighted by Gasteiger charge is 2.13. The summed E-state index contributed by atoms with van der Waals surface area (Å²) in [5, 5.41) is 4.61. The fourth-order valence-corrected chi connectivity index (χ4v) is 3.95. The lowest BCUT2D eigenvalue weighted by Crippen LogP contribution is -2.24. The number of aryl methyl sites for hydroxylation is 1. The number of anilines is 1. The van der Waals surface area contributed by atoms with Crippen molar-refractivity contribution in [1.82, 2.24) is 20.3 Å². The molecule has 2 aromatic heterocycles. The van der Waals surface area contributed by atoms with Crippen molar-refractivity contribution in [2.45, 2.75) is 18.5 Å². The summed E-state index contributed by atoms with van der Waals surface area (Å²) in [4.78, 5) is 27.0. The van der Waals surface area contributed by atoms with Crippen LogP contribution in [0, 0.1) is 6.92 Å². The van der Waals surface area contributed by atoms with E-state index in [1.165, 1.54) is 35.0 Å². The van der Waals surface area contributed by atoms with Gasteiger partial charge in [0.2, 0.25) is 5.91 Å². The number of nitrogens with zero attached hydrogens (tertiary/aromatic N) is 4. The van der Waals surface area contributed by atoms with Gasteiger partial charge in [0.25, 0.3) is 0 Å². The number of nitrogens with one attached hydrogen (secondary N) is 1. The zero-order valence-electron chi connectivity index (χ0n) is 14.3. The molecule has 2 heterocycles. The molecule has 0 bridgehead atoms. The molecule has 0 atom stereocenters. The van der Waals surface area contributed by atoms with Gasteiger partial charge in [-0.05, 0) is 12.5 Å². The number of aromatic nitrogens is 3. The van der Waals surface area contributed by atoms with Crippen molar-refractivity contribution in [2.24, 2.45) is 0 Å². The smallest absolute Gasteiger partial charge is 0.230 e. The first-order valence-corrected chi connectivity index (χ1v) is 9.57. The van der Waals surface area contributed by atoms with Crippen LogP contribution < -0.4 is 10.2 Å². The van der Waals surface area contributed by atoms with Gasteiger partial charge in [0.15, 0.2) is 10.8 Å². The molecule has 0 saturated heterocycles. The lowest BCUT2D eigenvalue weighted by Gasteiger charge is -2.06. The number of amides is 1. The Morgan fingerprint density at radius 2 is 2.00 bits per heavy atom. The van der Waals surface area contributed by atoms with E-state index in [0.717, 1.165) is 20.4 Å². The minimum atomic E-state index is -0.0188. The molecule has 1 amide bonds. The third kappa shape index (κ3) is 4.46. The van der Waals surface area contributed by atoms with Crippen LogP contribution in [0.3, 0.4) is 0 Å². The van der Waals surface area contributed by atoms with Crippen molar-refractivity contribution in [3.63, 3.8) is 0 Å². The molecule has 0 fully saturated rings. The van der Waals surface area contributed by atoms with Gasteiger partial charge in [-0.25, -0.2) is 9.97 Å². The molecule has 1 aromatic carbocycles. The Morgan fingerprint density at radius 1 is 1.24 bits per heavy atom. The first-order valence-electron chi connectivity index (χ1n) is 7.77. The Bertz CT molecular complexity index is 876. The largest absolute Gasteiger partial charge is 0.354 e. The average molecular weight is 374 g/mol. The number of carbonyl (C=O) groups excluding carboxylic acids is 1. The van der Waals surface area contributed by atoms with E-state index in [1.807, 2.05) is 50.2 Å². The first kappa shape index (κ1) is 17.6. The number of thioether (sulfide) groups is 1. The van der Waals surface area contributed by atoms with Gasteiger partial charge in [-0.1, -0.05) is 52.9 Å². The van der Waals surface area contributed by atoms with Gasteiger partial charge in [-0.3, -0.25) is 4.79 Å². The maximum atomic E-state index is 12.1. The summed E-state index contributed by atoms with van der Waals surface area (Å²) in [6, 6.07) is 8.13. The van der Waals surface area contributed by atoms with E-state index in [1.54, 1.807) is 0 Å². The van der Waals surface area contributed by atoms with E-state index >= 15 is 0 Å². The fraction of sp³-hybridized carbons (Fsp3) is 0.294. The minimum Gasteiger partial charge on any atom is -0.354 e. The molecule has 0 aliphatic carbocycles. The molecular weight excluding hydrogens is 354 g/mol. The lowest BCUT2D eigenvalue weighted by atomic mass is 10.1. The molecule has 3 aromatic rings. The summed E-state index contributed by atoms with van der Waals surface area (Å²) >= 11 is 2.94. The SMILES string of the molecule is Cc1ccc(CNC(=O)CSc2ncnc3nc(N(C)C)sc23)cc1. The van der Waals surface area contributed by atoms with E-state index in [-0.39, 0.29) is 5.91 Å². The maximum Gasteiger partial charge on any atom is 0.230 e. The van der Waals surface area contributed by atoms with Crippen LogP contribution in [0.4, 0.5) is 5.13 Å². The third-order valence-corrected chi connectivity index (χ3v) is 5.82. The van der Waals surface area contributed by atoms with Crippen LogP contribution in [0.1, 0.15) is 11.1 Å². The number of rotatable bonds is 6. The number of fused-ring (bicyclic) bond motifs is 1. The second kappa shape index (κ2) is 7.79. The van der Waals surface area contributed by atoms with Crippen LogP contribution in [0.15, 0.2) is 35.6 Å². The second-order valence-electron chi connectivity index (χ2n) is 5.77. The van der Waals surface area contributed by atoms with E-state index in [2.05, 4.69) is 20.3 Å². The highest BCUT2D eigenvalue weighted by Crippen LogP contribution is 2.32. The molecule has 0 saturated carbocycles. The number of carbonyl (C=O) groups is 1. The molecule has 8 heteroatoms. The molecule has 25 heavy (non-hydrogen) atoms. The molecule has 130 valence electrons. The topological polar surface area (TPSA) is 71.0 Å². The molecule has 0 aliphatic heterocycles. The van der Waals surface area contributed by atoms with Crippen molar-refractivity contribution in [1.29, 1.82) is 0 Å². The van der Waals surface area contributed by atoms with Gasteiger partial charge in [-0.2, -0.15) is 4.98 Å². The summed E-state index contributed by atoms with van der Waals surface area (Å²) in [5.74, 6) is 0.294. The van der Waals surface area contributed by atoms with Gasteiger partial charge in [0.05, 0.1) is 5.75 Å². The zero-order chi connectivity index (χ0) is 17.8. The predicted molar refractivity (Wildman–Crippen MR) is 103 cm³/mol. The van der Waals surface area contributed by atoms with Crippen LogP contribution in [-0.4, -0.2) is 40.7 Å². The van der Waals surface area contributed by atoms with E-state index in [0.29, 0.717) is 17.9 Å². The van der Waals surface area contributed by atoms with Crippen LogP contribution >= 0.6 is 23.1 Å². The Balaban J connectivity index is 1.60. The zero-order valence-corrected chi connectivity index (χ0v) is 15.9. The van der Waals surface area contributed by atoms with Crippen molar-refractivity contribution >= 4 is 44.5 Å². The molecule has 0 radical (unpaired) electrons. The van der Waals surface area contributed by atoms with Crippen molar-refractivity contribution in [3.8, 4) is 0 Å². The van der Waals surface area contributed by atoms with Crippen LogP contribution in [-0.2, 0) is 11.3 Å². The van der Waals surface area contributed by atoms with Crippen molar-refractivity contribution < 1.29 is 4.79 Å². The normalized spacial score (nSPS) is 10.8. The van der Waals surface area contributed by atoms with Crippen LogP contribution in [0.5, 0.6) is 0 Å². The van der Waals surface area contributed by atoms with Gasteiger partial charge in [-0.15, -0.1) is 0 Å². The third-order valence-electron chi connectivity index (χ3n) is 3.48. The monoisotopic (exact) mass is 373 g/mol. The molecule has 3 rings (SSSR count). The van der Waals surface area contributed by atoms with E-state index < -0.39 is 0 Å². The van der Waals surface area contributed by atoms with E-state index in [4.69, 9.17) is 0 Å². The van der Waals surface area contributed by atoms with Crippen molar-refractivity contribution in [3.05, 3.63) is 41.7 Å². The molecule has 1 N–H and O–H groups in total. The summed E-state index contributed by atoms with van der Waals surface area (Å²) in [7, 11) is 3.88. The second-order valence-corrected chi connectivity index (χ2v) is 7.71. The highest BCUT2D eigenvalue weighted by molar-refractivity contribution is 8.00. The summed E-state index contributed by atoms with van der Waals surface area (Å²) < 4.78 is 0.919. The lowest BCUT2D eigenvalue weighted by molar-refractivity contribution is -0.118. The summed E-state index contributed by atoms with van der Waals surface area (Å²) in [5.41, 5.74) is 2.97. The molecule has 0 unspecified atom stereocenters. The first-order chi connectivity index (χ1) is 12.0. The van der Waals surface area contributed by atoms with Gasteiger partial charge in [0.1, 0.15) is 16.1 Å². The molecule has 0 spiro atoms. The van der Waals surface area contributed by atoms with Crippen LogP contribution in [0.25, 0.3) is 10.3 Å². The number of hydrogen-bond donors (Lipinski definition) is 1. The Morgan fingerprint density at radius 3 is 2.72 bits per heavy atom. The van der Waals surface area contributed by atoms with Gasteiger partial charge >= 0.3 is 0 Å². The predicted octanol–water partition coefficient (Wildman–Crippen LogP) is 2.87. The van der Waals surface area contributed by atoms with Gasteiger partial charge < -0.3 is 10.2 Å². The van der Waals surface area contributed by atoms with Crippen molar-refractivity contribution in [2.75, 3.05) is 24.7 Å². The Kier molecular flexibility index (Phi) is 5.50. The number of hydrogen-bond acceptors (Lipinski definition) is 7. The molecule has 6 nitrogen and oxygen atoms in total. The number of benzene rings is 1. The van der Waals surface area contributed by atoms with E-state index in [9.17, 15) is 4.79 Å². The summed E-state index contributed by atoms with van der Waals surface area (Å²) in [6.07, 6.45) is 1.49. The quantitative estimate of drug-likeness (QED) is 0.529. The van der Waals surface area contributed by atoms with Gasteiger partial charge in [0, 0.05) is 20.6 Å². The number of thiazole rings is 1. The minimum absolute atomic E-state index is 0.0188. The maximum absolute atomic E-state index is 12.1.